The Morgan fingerprint density at radius 2 is 1.82 bits per heavy atom. The van der Waals surface area contributed by atoms with Crippen LogP contribution in [0.1, 0.15) is 39.2 Å². The number of halogens is 2. The maximum absolute atomic E-state index is 14.7. The van der Waals surface area contributed by atoms with Crippen molar-refractivity contribution in [3.05, 3.63) is 90.0 Å². The SMILES string of the molecule is CCCN(CC)c1cccc(-n2c(=O)n(C3CC3)c(=O)c3c(Nc4ccc(Br)cc4F)cc(=O)n(C)c32)c1. The first-order valence-electron chi connectivity index (χ1n) is 12.7. The Hall–Kier alpha value is -3.66. The molecule has 1 N–H and O–H groups in total. The zero-order valence-corrected chi connectivity index (χ0v) is 23.1. The first kappa shape index (κ1) is 26.0. The van der Waals surface area contributed by atoms with Gasteiger partial charge in [-0.25, -0.2) is 13.8 Å². The molecule has 1 aliphatic rings. The van der Waals surface area contributed by atoms with E-state index < -0.39 is 22.6 Å². The van der Waals surface area contributed by atoms with E-state index >= 15 is 0 Å². The van der Waals surface area contributed by atoms with Crippen molar-refractivity contribution in [3.63, 3.8) is 0 Å². The normalized spacial score (nSPS) is 13.2. The molecule has 0 spiro atoms. The van der Waals surface area contributed by atoms with Crippen LogP contribution in [0, 0.1) is 5.82 Å². The zero-order valence-electron chi connectivity index (χ0n) is 21.5. The summed E-state index contributed by atoms with van der Waals surface area (Å²) < 4.78 is 19.3. The summed E-state index contributed by atoms with van der Waals surface area (Å²) in [5.41, 5.74) is 0.453. The Morgan fingerprint density at radius 3 is 2.47 bits per heavy atom. The molecule has 0 aliphatic heterocycles. The lowest BCUT2D eigenvalue weighted by Crippen LogP contribution is -2.41. The minimum absolute atomic E-state index is 0.109. The highest BCUT2D eigenvalue weighted by molar-refractivity contribution is 9.10. The maximum Gasteiger partial charge on any atom is 0.337 e. The van der Waals surface area contributed by atoms with Crippen LogP contribution >= 0.6 is 15.9 Å². The third-order valence-corrected chi connectivity index (χ3v) is 7.38. The van der Waals surface area contributed by atoms with Gasteiger partial charge in [-0.05, 0) is 62.6 Å². The van der Waals surface area contributed by atoms with Gasteiger partial charge >= 0.3 is 5.69 Å². The molecule has 0 atom stereocenters. The molecule has 2 aromatic carbocycles. The van der Waals surface area contributed by atoms with Crippen LogP contribution in [0.15, 0.2) is 67.4 Å². The largest absolute Gasteiger partial charge is 0.372 e. The summed E-state index contributed by atoms with van der Waals surface area (Å²) in [4.78, 5) is 43.0. The second-order valence-electron chi connectivity index (χ2n) is 9.53. The maximum atomic E-state index is 14.7. The summed E-state index contributed by atoms with van der Waals surface area (Å²) in [6, 6.07) is 13.1. The minimum Gasteiger partial charge on any atom is -0.372 e. The smallest absolute Gasteiger partial charge is 0.337 e. The molecule has 0 radical (unpaired) electrons. The van der Waals surface area contributed by atoms with Gasteiger partial charge in [0, 0.05) is 42.4 Å². The number of anilines is 3. The van der Waals surface area contributed by atoms with E-state index in [1.807, 2.05) is 18.2 Å². The first-order valence-corrected chi connectivity index (χ1v) is 13.5. The van der Waals surface area contributed by atoms with Gasteiger partial charge < -0.3 is 10.2 Å². The zero-order chi connectivity index (χ0) is 27.1. The third-order valence-electron chi connectivity index (χ3n) is 6.89. The van der Waals surface area contributed by atoms with E-state index in [-0.39, 0.29) is 28.5 Å². The van der Waals surface area contributed by atoms with E-state index in [4.69, 9.17) is 0 Å². The van der Waals surface area contributed by atoms with E-state index in [0.717, 1.165) is 38.0 Å². The molecule has 10 heteroatoms. The molecule has 0 unspecified atom stereocenters. The van der Waals surface area contributed by atoms with Crippen molar-refractivity contribution in [2.45, 2.75) is 39.2 Å². The first-order chi connectivity index (χ1) is 18.2. The molecule has 38 heavy (non-hydrogen) atoms. The highest BCUT2D eigenvalue weighted by Crippen LogP contribution is 2.34. The second kappa shape index (κ2) is 10.2. The summed E-state index contributed by atoms with van der Waals surface area (Å²) in [6.45, 7) is 5.82. The van der Waals surface area contributed by atoms with Crippen LogP contribution in [0.5, 0.6) is 0 Å². The molecule has 1 aliphatic carbocycles. The van der Waals surface area contributed by atoms with Gasteiger partial charge in [0.05, 0.1) is 17.1 Å². The van der Waals surface area contributed by atoms with E-state index in [1.165, 1.54) is 38.9 Å². The molecule has 5 rings (SSSR count). The molecule has 1 saturated carbocycles. The van der Waals surface area contributed by atoms with Gasteiger partial charge in [-0.1, -0.05) is 28.9 Å². The highest BCUT2D eigenvalue weighted by Gasteiger charge is 2.31. The number of benzene rings is 2. The molecule has 2 heterocycles. The Kier molecular flexibility index (Phi) is 7.00. The number of hydrogen-bond donors (Lipinski definition) is 1. The summed E-state index contributed by atoms with van der Waals surface area (Å²) in [6.07, 6.45) is 2.40. The van der Waals surface area contributed by atoms with Crippen LogP contribution < -0.4 is 27.0 Å². The molecule has 4 aromatic rings. The van der Waals surface area contributed by atoms with Crippen molar-refractivity contribution >= 4 is 44.0 Å². The van der Waals surface area contributed by atoms with Crippen molar-refractivity contribution in [3.8, 4) is 5.69 Å². The summed E-state index contributed by atoms with van der Waals surface area (Å²) >= 11 is 3.24. The van der Waals surface area contributed by atoms with Crippen LogP contribution in [0.3, 0.4) is 0 Å². The van der Waals surface area contributed by atoms with Crippen LogP contribution in [0.25, 0.3) is 16.7 Å². The standard InChI is InChI=1S/C28H29BrFN5O3/c1-4-13-33(5-2)19-7-6-8-20(15-19)34-26-25(27(37)35(28(34)38)18-10-11-18)23(16-24(36)32(26)3)31-22-12-9-17(29)14-21(22)30/h6-9,12,14-16,18,31H,4-5,10-11,13H2,1-3H3. The van der Waals surface area contributed by atoms with Crippen LogP contribution in [0.2, 0.25) is 0 Å². The number of hydrogen-bond acceptors (Lipinski definition) is 5. The van der Waals surface area contributed by atoms with Crippen molar-refractivity contribution in [2.24, 2.45) is 7.05 Å². The van der Waals surface area contributed by atoms with Gasteiger partial charge in [-0.3, -0.25) is 18.7 Å². The monoisotopic (exact) mass is 581 g/mol. The van der Waals surface area contributed by atoms with Crippen molar-refractivity contribution < 1.29 is 4.39 Å². The summed E-state index contributed by atoms with van der Waals surface area (Å²) in [7, 11) is 1.53. The fourth-order valence-corrected chi connectivity index (χ4v) is 5.19. The number of fused-ring (bicyclic) bond motifs is 1. The number of aromatic nitrogens is 3. The van der Waals surface area contributed by atoms with Crippen molar-refractivity contribution in [1.29, 1.82) is 0 Å². The van der Waals surface area contributed by atoms with Crippen LogP contribution in [0.4, 0.5) is 21.5 Å². The lowest BCUT2D eigenvalue weighted by molar-refractivity contribution is 0.630. The topological polar surface area (TPSA) is 81.3 Å². The van der Waals surface area contributed by atoms with Crippen LogP contribution in [-0.4, -0.2) is 26.8 Å². The highest BCUT2D eigenvalue weighted by atomic mass is 79.9. The van der Waals surface area contributed by atoms with E-state index in [1.54, 1.807) is 12.1 Å². The van der Waals surface area contributed by atoms with Gasteiger partial charge in [-0.2, -0.15) is 0 Å². The molecule has 1 fully saturated rings. The van der Waals surface area contributed by atoms with E-state index in [2.05, 4.69) is 40.0 Å². The second-order valence-corrected chi connectivity index (χ2v) is 10.4. The number of pyridine rings is 1. The van der Waals surface area contributed by atoms with Crippen molar-refractivity contribution in [1.82, 2.24) is 13.7 Å². The Balaban J connectivity index is 1.84. The molecule has 0 saturated heterocycles. The number of aryl methyl sites for hydroxylation is 1. The Labute approximate surface area is 227 Å². The fraction of sp³-hybridized carbons (Fsp3) is 0.321. The molecular weight excluding hydrogens is 553 g/mol. The average Bonchev–Trinajstić information content (AvgIpc) is 3.72. The molecule has 0 bridgehead atoms. The van der Waals surface area contributed by atoms with Crippen molar-refractivity contribution in [2.75, 3.05) is 23.3 Å². The lowest BCUT2D eigenvalue weighted by Gasteiger charge is -2.24. The van der Waals surface area contributed by atoms with E-state index in [0.29, 0.717) is 10.2 Å². The molecule has 198 valence electrons. The average molecular weight is 582 g/mol. The number of nitrogens with one attached hydrogen (secondary N) is 1. The van der Waals surface area contributed by atoms with Gasteiger partial charge in [0.15, 0.2) is 0 Å². The lowest BCUT2D eigenvalue weighted by atomic mass is 10.2. The van der Waals surface area contributed by atoms with Gasteiger partial charge in [-0.15, -0.1) is 0 Å². The van der Waals surface area contributed by atoms with Crippen LogP contribution in [-0.2, 0) is 7.05 Å². The fourth-order valence-electron chi connectivity index (χ4n) is 4.85. The Bertz CT molecular complexity index is 1720. The molecule has 8 nitrogen and oxygen atoms in total. The van der Waals surface area contributed by atoms with Gasteiger partial charge in [0.2, 0.25) is 0 Å². The number of nitrogens with zero attached hydrogens (tertiary/aromatic N) is 4. The molecule has 0 amide bonds. The quantitative estimate of drug-likeness (QED) is 0.314. The predicted octanol–water partition coefficient (Wildman–Crippen LogP) is 5.07. The van der Waals surface area contributed by atoms with E-state index in [9.17, 15) is 18.8 Å². The summed E-state index contributed by atoms with van der Waals surface area (Å²) in [5, 5.41) is 3.09. The Morgan fingerprint density at radius 1 is 1.05 bits per heavy atom. The van der Waals surface area contributed by atoms with Gasteiger partial charge in [0.1, 0.15) is 16.9 Å². The molecule has 2 aromatic heterocycles. The molecular formula is C28H29BrFN5O3. The minimum atomic E-state index is -0.549. The third kappa shape index (κ3) is 4.57. The summed E-state index contributed by atoms with van der Waals surface area (Å²) in [5.74, 6) is -0.549. The predicted molar refractivity (Wildman–Crippen MR) is 153 cm³/mol. The number of rotatable bonds is 8. The van der Waals surface area contributed by atoms with Gasteiger partial charge in [0.25, 0.3) is 11.1 Å².